The van der Waals surface area contributed by atoms with Gasteiger partial charge in [-0.2, -0.15) is 26.3 Å². The zero-order valence-corrected chi connectivity index (χ0v) is 26.4. The van der Waals surface area contributed by atoms with Crippen LogP contribution in [0.5, 0.6) is 5.75 Å². The summed E-state index contributed by atoms with van der Waals surface area (Å²) >= 11 is 0. The number of alkyl halides is 6. The second kappa shape index (κ2) is 10.6. The number of fused-ring (bicyclic) bond motifs is 5. The molecular weight excluding hydrogens is 652 g/mol. The number of hydrogen-bond donors (Lipinski definition) is 1. The van der Waals surface area contributed by atoms with E-state index in [4.69, 9.17) is 0 Å². The normalized spacial score (nSPS) is 28.9. The minimum absolute atomic E-state index is 0.0180. The highest BCUT2D eigenvalue weighted by atomic mass is 19.4. The second-order valence-corrected chi connectivity index (χ2v) is 13.6. The minimum Gasteiger partial charge on any atom is -0.507 e. The standard InChI is InChI=1S/C37H29F6NO5/c1-16-17(2)32(47)35(3)27(31(16)46)15-26-24(30(35)23-10-11-28(45)22-7-5-4-6-21(22)23)8-9-25-29(26)34(49)44(33(25)48)20-13-18(36(38,39)40)12-19(14-20)37(41,42)43/h4-8,10-14,25-27,29-30,45H,9,15H2,1-3H3/t25-,26+,27-,29-,30-,35+/m0/s1. The molecule has 1 saturated heterocycles. The number of hydrogen-bond acceptors (Lipinski definition) is 5. The molecule has 49 heavy (non-hydrogen) atoms. The summed E-state index contributed by atoms with van der Waals surface area (Å²) in [5, 5.41) is 11.8. The van der Waals surface area contributed by atoms with Crippen LogP contribution < -0.4 is 4.90 Å². The molecule has 3 aromatic rings. The molecule has 6 nitrogen and oxygen atoms in total. The third-order valence-electron chi connectivity index (χ3n) is 11.2. The van der Waals surface area contributed by atoms with E-state index >= 15 is 0 Å². The van der Waals surface area contributed by atoms with Crippen molar-refractivity contribution < 1.29 is 50.6 Å². The van der Waals surface area contributed by atoms with Crippen molar-refractivity contribution in [3.05, 3.63) is 94.1 Å². The van der Waals surface area contributed by atoms with Gasteiger partial charge in [0.1, 0.15) is 5.75 Å². The van der Waals surface area contributed by atoms with Crippen molar-refractivity contribution in [3.63, 3.8) is 0 Å². The molecule has 0 spiro atoms. The van der Waals surface area contributed by atoms with Gasteiger partial charge in [-0.3, -0.25) is 19.2 Å². The van der Waals surface area contributed by atoms with E-state index in [1.165, 1.54) is 6.07 Å². The van der Waals surface area contributed by atoms with Gasteiger partial charge in [-0.15, -0.1) is 0 Å². The molecule has 1 heterocycles. The zero-order valence-electron chi connectivity index (χ0n) is 26.4. The lowest BCUT2D eigenvalue weighted by molar-refractivity contribution is -0.143. The van der Waals surface area contributed by atoms with Gasteiger partial charge < -0.3 is 5.11 Å². The second-order valence-electron chi connectivity index (χ2n) is 13.6. The first-order valence-electron chi connectivity index (χ1n) is 15.7. The van der Waals surface area contributed by atoms with Crippen molar-refractivity contribution >= 4 is 39.8 Å². The maximum atomic E-state index is 14.3. The molecule has 7 rings (SSSR count). The van der Waals surface area contributed by atoms with Crippen LogP contribution in [0.1, 0.15) is 56.2 Å². The van der Waals surface area contributed by atoms with E-state index < -0.39 is 76.0 Å². The van der Waals surface area contributed by atoms with Crippen LogP contribution in [0.4, 0.5) is 32.0 Å². The summed E-state index contributed by atoms with van der Waals surface area (Å²) in [6.07, 6.45) is -8.76. The summed E-state index contributed by atoms with van der Waals surface area (Å²) < 4.78 is 82.5. The summed E-state index contributed by atoms with van der Waals surface area (Å²) in [7, 11) is 0. The number of phenols is 1. The number of halogens is 6. The van der Waals surface area contributed by atoms with Gasteiger partial charge in [0.2, 0.25) is 11.8 Å². The van der Waals surface area contributed by atoms with Gasteiger partial charge in [0, 0.05) is 17.2 Å². The lowest BCUT2D eigenvalue weighted by Gasteiger charge is -2.54. The van der Waals surface area contributed by atoms with Crippen LogP contribution in [0.2, 0.25) is 0 Å². The van der Waals surface area contributed by atoms with E-state index in [0.717, 1.165) is 0 Å². The number of imide groups is 1. The number of rotatable bonds is 2. The summed E-state index contributed by atoms with van der Waals surface area (Å²) in [5.41, 5.74) is -3.76. The van der Waals surface area contributed by atoms with Crippen molar-refractivity contribution in [1.29, 1.82) is 0 Å². The molecule has 0 radical (unpaired) electrons. The van der Waals surface area contributed by atoms with Crippen LogP contribution in [-0.2, 0) is 31.5 Å². The Kier molecular flexibility index (Phi) is 7.11. The fourth-order valence-electron chi connectivity index (χ4n) is 8.80. The number of anilines is 1. The number of benzene rings is 3. The molecule has 1 N–H and O–H groups in total. The molecule has 2 amide bonds. The Morgan fingerprint density at radius 3 is 2.02 bits per heavy atom. The summed E-state index contributed by atoms with van der Waals surface area (Å²) in [6, 6.07) is 10.7. The van der Waals surface area contributed by atoms with E-state index in [-0.39, 0.29) is 41.8 Å². The van der Waals surface area contributed by atoms with Crippen LogP contribution in [-0.4, -0.2) is 28.5 Å². The Morgan fingerprint density at radius 2 is 1.41 bits per heavy atom. The lowest BCUT2D eigenvalue weighted by atomic mass is 9.46. The van der Waals surface area contributed by atoms with Crippen LogP contribution in [0.15, 0.2) is 77.4 Å². The predicted octanol–water partition coefficient (Wildman–Crippen LogP) is 7.93. The Hall–Kier alpha value is -4.74. The van der Waals surface area contributed by atoms with Crippen LogP contribution in [0.3, 0.4) is 0 Å². The van der Waals surface area contributed by atoms with Gasteiger partial charge in [-0.1, -0.05) is 48.9 Å². The smallest absolute Gasteiger partial charge is 0.416 e. The Labute approximate surface area is 276 Å². The quantitative estimate of drug-likeness (QED) is 0.169. The van der Waals surface area contributed by atoms with Crippen molar-refractivity contribution in [2.75, 3.05) is 4.90 Å². The maximum Gasteiger partial charge on any atom is 0.416 e. The van der Waals surface area contributed by atoms with E-state index in [1.54, 1.807) is 57.2 Å². The topological polar surface area (TPSA) is 91.8 Å². The highest BCUT2D eigenvalue weighted by molar-refractivity contribution is 6.23. The number of aromatic hydroxyl groups is 1. The number of carbonyl (C=O) groups is 4. The number of amides is 2. The van der Waals surface area contributed by atoms with Crippen molar-refractivity contribution in [2.45, 2.75) is 51.9 Å². The van der Waals surface area contributed by atoms with Crippen molar-refractivity contribution in [3.8, 4) is 5.75 Å². The third-order valence-corrected chi connectivity index (χ3v) is 11.2. The third kappa shape index (κ3) is 4.62. The van der Waals surface area contributed by atoms with Gasteiger partial charge in [0.25, 0.3) is 0 Å². The van der Waals surface area contributed by atoms with Crippen LogP contribution >= 0.6 is 0 Å². The predicted molar refractivity (Wildman–Crippen MR) is 165 cm³/mol. The molecular formula is C37H29F6NO5. The molecule has 6 atom stereocenters. The molecule has 1 aliphatic heterocycles. The zero-order chi connectivity index (χ0) is 35.5. The molecule has 3 aromatic carbocycles. The molecule has 12 heteroatoms. The SMILES string of the molecule is CC1=C(C)C(=O)[C@@]2(C)[C@@H](c3ccc(O)c4ccccc34)C3=CC[C@@H]4C(=O)N(c5cc(C(F)(F)F)cc(C(F)(F)F)c5)C(=O)[C@@H]4[C@@H]3C[C@H]2C1=O. The first-order valence-corrected chi connectivity index (χ1v) is 15.7. The number of Topliss-reactive ketones (excluding diaryl/α,β-unsaturated/α-hetero) is 2. The van der Waals surface area contributed by atoms with Gasteiger partial charge >= 0.3 is 12.4 Å². The van der Waals surface area contributed by atoms with Gasteiger partial charge in [0.05, 0.1) is 34.1 Å². The first kappa shape index (κ1) is 32.8. The highest BCUT2D eigenvalue weighted by Gasteiger charge is 2.64. The number of ketones is 2. The molecule has 254 valence electrons. The molecule has 0 bridgehead atoms. The van der Waals surface area contributed by atoms with E-state index in [2.05, 4.69) is 0 Å². The average molecular weight is 682 g/mol. The fraction of sp³-hybridized carbons (Fsp3) is 0.351. The first-order chi connectivity index (χ1) is 22.9. The molecule has 3 aliphatic carbocycles. The molecule has 0 unspecified atom stereocenters. The van der Waals surface area contributed by atoms with Crippen LogP contribution in [0.25, 0.3) is 10.8 Å². The monoisotopic (exact) mass is 681 g/mol. The van der Waals surface area contributed by atoms with E-state index in [9.17, 15) is 50.6 Å². The molecule has 1 saturated carbocycles. The summed E-state index contributed by atoms with van der Waals surface area (Å²) in [5.74, 6) is -7.42. The molecule has 2 fully saturated rings. The van der Waals surface area contributed by atoms with Crippen molar-refractivity contribution in [2.24, 2.45) is 29.1 Å². The Morgan fingerprint density at radius 1 is 0.796 bits per heavy atom. The Balaban J connectivity index is 1.41. The molecule has 0 aromatic heterocycles. The van der Waals surface area contributed by atoms with Crippen molar-refractivity contribution in [1.82, 2.24) is 0 Å². The Bertz CT molecular complexity index is 2040. The van der Waals surface area contributed by atoms with E-state index in [0.29, 0.717) is 44.5 Å². The highest BCUT2D eigenvalue weighted by Crippen LogP contribution is 2.64. The summed E-state index contributed by atoms with van der Waals surface area (Å²) in [4.78, 5) is 56.8. The van der Waals surface area contributed by atoms with Crippen LogP contribution in [0, 0.1) is 29.1 Å². The number of nitrogens with zero attached hydrogens (tertiary/aromatic N) is 1. The fourth-order valence-corrected chi connectivity index (χ4v) is 8.80. The number of allylic oxidation sites excluding steroid dienone is 4. The van der Waals surface area contributed by atoms with Gasteiger partial charge in [-0.25, -0.2) is 4.90 Å². The average Bonchev–Trinajstić information content (AvgIpc) is 3.31. The van der Waals surface area contributed by atoms with E-state index in [1.807, 2.05) is 0 Å². The number of phenolic OH excluding ortho intramolecular Hbond substituents is 1. The largest absolute Gasteiger partial charge is 0.507 e. The maximum absolute atomic E-state index is 14.3. The number of carbonyl (C=O) groups excluding carboxylic acids is 4. The van der Waals surface area contributed by atoms with Gasteiger partial charge in [-0.05, 0) is 79.0 Å². The lowest BCUT2D eigenvalue weighted by Crippen LogP contribution is -2.55. The van der Waals surface area contributed by atoms with Gasteiger partial charge in [0.15, 0.2) is 11.6 Å². The minimum atomic E-state index is -5.20. The summed E-state index contributed by atoms with van der Waals surface area (Å²) in [6.45, 7) is 4.84. The molecule has 4 aliphatic rings.